The zero-order valence-corrected chi connectivity index (χ0v) is 10.5. The number of ether oxygens (including phenoxy) is 2. The molecule has 5 heteroatoms. The number of carbonyl (C=O) groups is 1. The van der Waals surface area contributed by atoms with Gasteiger partial charge in [-0.1, -0.05) is 0 Å². The van der Waals surface area contributed by atoms with Crippen LogP contribution in [0.2, 0.25) is 0 Å². The smallest absolute Gasteiger partial charge is 0.254 e. The molecule has 1 aliphatic rings. The van der Waals surface area contributed by atoms with Crippen molar-refractivity contribution in [3.8, 4) is 5.75 Å². The summed E-state index contributed by atoms with van der Waals surface area (Å²) in [6, 6.07) is 5.12. The molecular weight excluding hydrogens is 232 g/mol. The van der Waals surface area contributed by atoms with E-state index in [2.05, 4.69) is 0 Å². The Bertz CT molecular complexity index is 426. The van der Waals surface area contributed by atoms with Crippen molar-refractivity contribution in [3.63, 3.8) is 0 Å². The Kier molecular flexibility index (Phi) is 4.04. The van der Waals surface area contributed by atoms with Crippen LogP contribution in [0.1, 0.15) is 16.8 Å². The van der Waals surface area contributed by atoms with Crippen LogP contribution >= 0.6 is 0 Å². The third kappa shape index (κ3) is 2.73. The highest BCUT2D eigenvalue weighted by Gasteiger charge is 2.18. The van der Waals surface area contributed by atoms with Gasteiger partial charge in [0.05, 0.1) is 19.4 Å². The van der Waals surface area contributed by atoms with Gasteiger partial charge in [0.2, 0.25) is 0 Å². The number of methoxy groups -OCH3 is 1. The fourth-order valence-electron chi connectivity index (χ4n) is 2.00. The Labute approximate surface area is 106 Å². The van der Waals surface area contributed by atoms with Gasteiger partial charge < -0.3 is 20.1 Å². The minimum Gasteiger partial charge on any atom is -0.495 e. The number of anilines is 1. The predicted octanol–water partition coefficient (Wildman–Crippen LogP) is 1.14. The Balaban J connectivity index is 2.14. The molecule has 98 valence electrons. The van der Waals surface area contributed by atoms with Crippen molar-refractivity contribution >= 4 is 11.6 Å². The number of carbonyl (C=O) groups excluding carboxylic acids is 1. The van der Waals surface area contributed by atoms with Gasteiger partial charge in [0.1, 0.15) is 5.75 Å². The van der Waals surface area contributed by atoms with E-state index in [9.17, 15) is 4.79 Å². The molecule has 2 rings (SSSR count). The first kappa shape index (κ1) is 12.7. The van der Waals surface area contributed by atoms with E-state index in [4.69, 9.17) is 15.2 Å². The van der Waals surface area contributed by atoms with Crippen molar-refractivity contribution in [2.45, 2.75) is 6.42 Å². The molecule has 1 saturated heterocycles. The number of benzene rings is 1. The molecular formula is C13H18N2O3. The Morgan fingerprint density at radius 3 is 2.94 bits per heavy atom. The lowest BCUT2D eigenvalue weighted by Crippen LogP contribution is -2.33. The molecule has 0 unspecified atom stereocenters. The van der Waals surface area contributed by atoms with Crippen LogP contribution in [-0.2, 0) is 4.74 Å². The molecule has 1 fully saturated rings. The summed E-state index contributed by atoms with van der Waals surface area (Å²) in [5.74, 6) is 0.584. The average molecular weight is 250 g/mol. The highest BCUT2D eigenvalue weighted by molar-refractivity contribution is 5.95. The van der Waals surface area contributed by atoms with Gasteiger partial charge in [0, 0.05) is 25.3 Å². The van der Waals surface area contributed by atoms with Crippen molar-refractivity contribution in [2.24, 2.45) is 0 Å². The van der Waals surface area contributed by atoms with Crippen molar-refractivity contribution in [1.29, 1.82) is 0 Å². The van der Waals surface area contributed by atoms with Gasteiger partial charge in [0.25, 0.3) is 5.91 Å². The fraction of sp³-hybridized carbons (Fsp3) is 0.462. The van der Waals surface area contributed by atoms with Crippen molar-refractivity contribution in [3.05, 3.63) is 23.8 Å². The molecule has 1 amide bonds. The molecule has 1 aliphatic heterocycles. The maximum absolute atomic E-state index is 12.3. The zero-order chi connectivity index (χ0) is 13.0. The van der Waals surface area contributed by atoms with Gasteiger partial charge in [0.15, 0.2) is 0 Å². The van der Waals surface area contributed by atoms with E-state index in [1.54, 1.807) is 30.2 Å². The molecule has 1 aromatic carbocycles. The number of nitrogen functional groups attached to an aromatic ring is 1. The van der Waals surface area contributed by atoms with Gasteiger partial charge in [-0.15, -0.1) is 0 Å². The monoisotopic (exact) mass is 250 g/mol. The predicted molar refractivity (Wildman–Crippen MR) is 68.7 cm³/mol. The Morgan fingerprint density at radius 1 is 1.39 bits per heavy atom. The van der Waals surface area contributed by atoms with E-state index in [0.29, 0.717) is 36.8 Å². The lowest BCUT2D eigenvalue weighted by atomic mass is 10.1. The zero-order valence-electron chi connectivity index (χ0n) is 10.5. The van der Waals surface area contributed by atoms with Crippen LogP contribution in [0.4, 0.5) is 5.69 Å². The molecule has 0 atom stereocenters. The maximum atomic E-state index is 12.3. The summed E-state index contributed by atoms with van der Waals surface area (Å²) in [6.07, 6.45) is 0.872. The third-order valence-corrected chi connectivity index (χ3v) is 2.99. The van der Waals surface area contributed by atoms with E-state index in [1.807, 2.05) is 0 Å². The Morgan fingerprint density at radius 2 is 2.22 bits per heavy atom. The van der Waals surface area contributed by atoms with Crippen LogP contribution in [-0.4, -0.2) is 44.2 Å². The normalized spacial score (nSPS) is 16.2. The molecule has 2 N–H and O–H groups in total. The van der Waals surface area contributed by atoms with E-state index in [0.717, 1.165) is 13.0 Å². The number of nitrogens with zero attached hydrogens (tertiary/aromatic N) is 1. The lowest BCUT2D eigenvalue weighted by molar-refractivity contribution is 0.0741. The van der Waals surface area contributed by atoms with Crippen LogP contribution < -0.4 is 10.5 Å². The van der Waals surface area contributed by atoms with Crippen LogP contribution in [0, 0.1) is 0 Å². The first-order valence-electron chi connectivity index (χ1n) is 6.03. The number of hydrogen-bond acceptors (Lipinski definition) is 4. The van der Waals surface area contributed by atoms with E-state index >= 15 is 0 Å². The van der Waals surface area contributed by atoms with E-state index in [1.165, 1.54) is 0 Å². The molecule has 0 spiro atoms. The van der Waals surface area contributed by atoms with Crippen molar-refractivity contribution in [1.82, 2.24) is 4.90 Å². The van der Waals surface area contributed by atoms with Crippen molar-refractivity contribution in [2.75, 3.05) is 39.1 Å². The molecule has 1 aromatic rings. The first-order chi connectivity index (χ1) is 8.72. The van der Waals surface area contributed by atoms with Gasteiger partial charge in [-0.3, -0.25) is 4.79 Å². The second kappa shape index (κ2) is 5.73. The summed E-state index contributed by atoms with van der Waals surface area (Å²) >= 11 is 0. The van der Waals surface area contributed by atoms with Crippen LogP contribution in [0.25, 0.3) is 0 Å². The molecule has 0 radical (unpaired) electrons. The molecule has 5 nitrogen and oxygen atoms in total. The molecule has 0 saturated carbocycles. The van der Waals surface area contributed by atoms with Gasteiger partial charge >= 0.3 is 0 Å². The minimum atomic E-state index is -0.00477. The largest absolute Gasteiger partial charge is 0.495 e. The number of nitrogens with two attached hydrogens (primary N) is 1. The van der Waals surface area contributed by atoms with E-state index < -0.39 is 0 Å². The molecule has 1 heterocycles. The summed E-state index contributed by atoms with van der Waals surface area (Å²) in [4.78, 5) is 14.1. The molecule has 18 heavy (non-hydrogen) atoms. The maximum Gasteiger partial charge on any atom is 0.254 e. The number of rotatable bonds is 2. The summed E-state index contributed by atoms with van der Waals surface area (Å²) < 4.78 is 10.4. The van der Waals surface area contributed by atoms with Gasteiger partial charge in [-0.05, 0) is 24.6 Å². The first-order valence-corrected chi connectivity index (χ1v) is 6.03. The summed E-state index contributed by atoms with van der Waals surface area (Å²) in [5.41, 5.74) is 6.88. The summed E-state index contributed by atoms with van der Waals surface area (Å²) in [6.45, 7) is 2.67. The lowest BCUT2D eigenvalue weighted by Gasteiger charge is -2.20. The highest BCUT2D eigenvalue weighted by Crippen LogP contribution is 2.22. The minimum absolute atomic E-state index is 0.00477. The summed E-state index contributed by atoms with van der Waals surface area (Å²) in [7, 11) is 1.55. The van der Waals surface area contributed by atoms with Gasteiger partial charge in [-0.2, -0.15) is 0 Å². The second-order valence-electron chi connectivity index (χ2n) is 4.21. The molecule has 0 bridgehead atoms. The highest BCUT2D eigenvalue weighted by atomic mass is 16.5. The SMILES string of the molecule is COc1ccc(C(=O)N2CCCOCC2)cc1N. The fourth-order valence-corrected chi connectivity index (χ4v) is 2.00. The third-order valence-electron chi connectivity index (χ3n) is 2.99. The number of amides is 1. The van der Waals surface area contributed by atoms with Crippen LogP contribution in [0.5, 0.6) is 5.75 Å². The van der Waals surface area contributed by atoms with Crippen LogP contribution in [0.15, 0.2) is 18.2 Å². The standard InChI is InChI=1S/C13H18N2O3/c1-17-12-4-3-10(9-11(12)14)13(16)15-5-2-7-18-8-6-15/h3-4,9H,2,5-8,14H2,1H3. The molecule has 0 aromatic heterocycles. The topological polar surface area (TPSA) is 64.8 Å². The Hall–Kier alpha value is -1.75. The van der Waals surface area contributed by atoms with Gasteiger partial charge in [-0.25, -0.2) is 0 Å². The second-order valence-corrected chi connectivity index (χ2v) is 4.21. The average Bonchev–Trinajstić information content (AvgIpc) is 2.66. The van der Waals surface area contributed by atoms with E-state index in [-0.39, 0.29) is 5.91 Å². The molecule has 0 aliphatic carbocycles. The quantitative estimate of drug-likeness (QED) is 0.799. The van der Waals surface area contributed by atoms with Crippen molar-refractivity contribution < 1.29 is 14.3 Å². The summed E-state index contributed by atoms with van der Waals surface area (Å²) in [5, 5.41) is 0. The number of hydrogen-bond donors (Lipinski definition) is 1. The van der Waals surface area contributed by atoms with Crippen LogP contribution in [0.3, 0.4) is 0 Å².